The number of aromatic nitrogens is 2. The average molecular weight is 281 g/mol. The number of nitrogens with zero attached hydrogens (tertiary/aromatic N) is 2. The first-order valence-corrected chi connectivity index (χ1v) is 6.77. The SMILES string of the molecule is Nc1nc2c(c(=O)[nH]1)NCN2[C@@H]1CC[C@H](CO)[C@H]1CO. The fourth-order valence-corrected chi connectivity index (χ4v) is 3.37. The van der Waals surface area contributed by atoms with Crippen LogP contribution in [0.15, 0.2) is 4.79 Å². The zero-order valence-corrected chi connectivity index (χ0v) is 11.0. The fourth-order valence-electron chi connectivity index (χ4n) is 3.37. The van der Waals surface area contributed by atoms with Crippen LogP contribution in [0.1, 0.15) is 12.8 Å². The third kappa shape index (κ3) is 1.92. The van der Waals surface area contributed by atoms with E-state index in [2.05, 4.69) is 15.3 Å². The monoisotopic (exact) mass is 281 g/mol. The molecule has 3 atom stereocenters. The number of nitrogens with two attached hydrogens (primary N) is 1. The van der Waals surface area contributed by atoms with Gasteiger partial charge in [0.05, 0.1) is 6.67 Å². The van der Waals surface area contributed by atoms with Crippen molar-refractivity contribution in [1.82, 2.24) is 9.97 Å². The number of H-pyrrole nitrogens is 1. The Balaban J connectivity index is 1.93. The highest BCUT2D eigenvalue weighted by Crippen LogP contribution is 2.39. The van der Waals surface area contributed by atoms with Gasteiger partial charge in [-0.3, -0.25) is 9.78 Å². The van der Waals surface area contributed by atoms with Gasteiger partial charge in [0.1, 0.15) is 5.69 Å². The Morgan fingerprint density at radius 1 is 1.35 bits per heavy atom. The Bertz CT molecular complexity index is 561. The number of anilines is 3. The molecule has 2 aliphatic rings. The maximum Gasteiger partial charge on any atom is 0.277 e. The minimum atomic E-state index is -0.285. The molecule has 1 fully saturated rings. The molecule has 6 N–H and O–H groups in total. The summed E-state index contributed by atoms with van der Waals surface area (Å²) in [5.74, 6) is 0.691. The van der Waals surface area contributed by atoms with Gasteiger partial charge in [0.15, 0.2) is 5.82 Å². The largest absolute Gasteiger partial charge is 0.396 e. The first-order valence-electron chi connectivity index (χ1n) is 6.77. The topological polar surface area (TPSA) is 128 Å². The van der Waals surface area contributed by atoms with Crippen LogP contribution in [0.4, 0.5) is 17.5 Å². The zero-order valence-electron chi connectivity index (χ0n) is 11.0. The molecule has 1 saturated carbocycles. The summed E-state index contributed by atoms with van der Waals surface area (Å²) in [5.41, 5.74) is 5.74. The second-order valence-electron chi connectivity index (χ2n) is 5.39. The highest BCUT2D eigenvalue weighted by atomic mass is 16.3. The van der Waals surface area contributed by atoms with Gasteiger partial charge < -0.3 is 26.2 Å². The van der Waals surface area contributed by atoms with E-state index in [-0.39, 0.29) is 42.6 Å². The zero-order chi connectivity index (χ0) is 14.3. The molecule has 8 heteroatoms. The van der Waals surface area contributed by atoms with Crippen molar-refractivity contribution in [2.45, 2.75) is 18.9 Å². The lowest BCUT2D eigenvalue weighted by Crippen LogP contribution is -2.41. The number of nitrogens with one attached hydrogen (secondary N) is 2. The van der Waals surface area contributed by atoms with Crippen LogP contribution in [-0.2, 0) is 0 Å². The minimum Gasteiger partial charge on any atom is -0.396 e. The summed E-state index contributed by atoms with van der Waals surface area (Å²) >= 11 is 0. The van der Waals surface area contributed by atoms with E-state index < -0.39 is 0 Å². The number of nitrogen functional groups attached to an aromatic ring is 1. The van der Waals surface area contributed by atoms with E-state index in [1.54, 1.807) is 0 Å². The van der Waals surface area contributed by atoms with Gasteiger partial charge in [-0.15, -0.1) is 0 Å². The molecule has 1 aromatic heterocycles. The van der Waals surface area contributed by atoms with Crippen molar-refractivity contribution in [3.05, 3.63) is 10.4 Å². The van der Waals surface area contributed by atoms with Crippen LogP contribution in [0.5, 0.6) is 0 Å². The van der Waals surface area contributed by atoms with E-state index in [0.29, 0.717) is 18.2 Å². The normalized spacial score (nSPS) is 28.5. The Morgan fingerprint density at radius 2 is 2.15 bits per heavy atom. The first kappa shape index (κ1) is 13.2. The van der Waals surface area contributed by atoms with E-state index in [1.807, 2.05) is 4.90 Å². The molecule has 110 valence electrons. The standard InChI is InChI=1S/C12H19N5O3/c13-12-15-10-9(11(20)16-12)14-5-17(10)8-2-1-6(3-18)7(8)4-19/h6-8,14,18-19H,1-5H2,(H3,13,15,16,20)/t6-,7-,8-/m1/s1. The van der Waals surface area contributed by atoms with Crippen molar-refractivity contribution >= 4 is 17.5 Å². The van der Waals surface area contributed by atoms with Gasteiger partial charge in [0.2, 0.25) is 5.95 Å². The lowest BCUT2D eigenvalue weighted by molar-refractivity contribution is 0.132. The van der Waals surface area contributed by atoms with Crippen LogP contribution in [0, 0.1) is 11.8 Å². The highest BCUT2D eigenvalue weighted by Gasteiger charge is 2.41. The van der Waals surface area contributed by atoms with E-state index in [9.17, 15) is 15.0 Å². The molecule has 8 nitrogen and oxygen atoms in total. The Hall–Kier alpha value is -1.80. The first-order chi connectivity index (χ1) is 9.65. The average Bonchev–Trinajstić information content (AvgIpc) is 3.00. The van der Waals surface area contributed by atoms with Crippen molar-refractivity contribution in [1.29, 1.82) is 0 Å². The molecular formula is C12H19N5O3. The van der Waals surface area contributed by atoms with Crippen LogP contribution in [-0.4, -0.2) is 46.1 Å². The lowest BCUT2D eigenvalue weighted by atomic mass is 9.94. The molecule has 0 amide bonds. The summed E-state index contributed by atoms with van der Waals surface area (Å²) in [4.78, 5) is 20.4. The number of hydrogen-bond donors (Lipinski definition) is 5. The van der Waals surface area contributed by atoms with Gasteiger partial charge >= 0.3 is 0 Å². The summed E-state index contributed by atoms with van der Waals surface area (Å²) in [6, 6.07) is 0.0552. The van der Waals surface area contributed by atoms with E-state index >= 15 is 0 Å². The molecule has 1 aliphatic carbocycles. The number of rotatable bonds is 3. The molecule has 0 spiro atoms. The van der Waals surface area contributed by atoms with Crippen LogP contribution in [0.2, 0.25) is 0 Å². The summed E-state index contributed by atoms with van der Waals surface area (Å²) < 4.78 is 0. The number of hydrogen-bond acceptors (Lipinski definition) is 7. The van der Waals surface area contributed by atoms with Gasteiger partial charge in [-0.25, -0.2) is 0 Å². The van der Waals surface area contributed by atoms with Crippen LogP contribution in [0.25, 0.3) is 0 Å². The Labute approximate surface area is 115 Å². The van der Waals surface area contributed by atoms with Crippen molar-refractivity contribution in [2.75, 3.05) is 35.8 Å². The molecular weight excluding hydrogens is 262 g/mol. The predicted octanol–water partition coefficient (Wildman–Crippen LogP) is -1.08. The second kappa shape index (κ2) is 4.95. The van der Waals surface area contributed by atoms with E-state index in [1.165, 1.54) is 0 Å². The van der Waals surface area contributed by atoms with Gasteiger partial charge in [-0.05, 0) is 18.8 Å². The van der Waals surface area contributed by atoms with Gasteiger partial charge in [-0.1, -0.05) is 0 Å². The molecule has 0 unspecified atom stereocenters. The molecule has 1 aromatic rings. The molecule has 2 heterocycles. The summed E-state index contributed by atoms with van der Waals surface area (Å²) in [5, 5.41) is 22.0. The lowest BCUT2D eigenvalue weighted by Gasteiger charge is -2.30. The fraction of sp³-hybridized carbons (Fsp3) is 0.667. The van der Waals surface area contributed by atoms with E-state index in [4.69, 9.17) is 5.73 Å². The molecule has 20 heavy (non-hydrogen) atoms. The summed E-state index contributed by atoms with van der Waals surface area (Å²) in [7, 11) is 0. The predicted molar refractivity (Wildman–Crippen MR) is 74.4 cm³/mol. The molecule has 1 aliphatic heterocycles. The van der Waals surface area contributed by atoms with Gasteiger partial charge in [0.25, 0.3) is 5.56 Å². The van der Waals surface area contributed by atoms with E-state index in [0.717, 1.165) is 12.8 Å². The highest BCUT2D eigenvalue weighted by molar-refractivity contribution is 5.71. The minimum absolute atomic E-state index is 0.0143. The number of aliphatic hydroxyl groups excluding tert-OH is 2. The molecule has 0 radical (unpaired) electrons. The van der Waals surface area contributed by atoms with Crippen LogP contribution in [0.3, 0.4) is 0 Å². The third-order valence-corrected chi connectivity index (χ3v) is 4.40. The molecule has 0 saturated heterocycles. The van der Waals surface area contributed by atoms with Crippen molar-refractivity contribution in [3.8, 4) is 0 Å². The maximum absolute atomic E-state index is 11.8. The third-order valence-electron chi connectivity index (χ3n) is 4.40. The smallest absolute Gasteiger partial charge is 0.277 e. The quantitative estimate of drug-likeness (QED) is 0.477. The van der Waals surface area contributed by atoms with Crippen LogP contribution >= 0.6 is 0 Å². The molecule has 0 aromatic carbocycles. The second-order valence-corrected chi connectivity index (χ2v) is 5.39. The number of aliphatic hydroxyl groups is 2. The van der Waals surface area contributed by atoms with Crippen molar-refractivity contribution < 1.29 is 10.2 Å². The summed E-state index contributed by atoms with van der Waals surface area (Å²) in [6.07, 6.45) is 1.71. The van der Waals surface area contributed by atoms with Gasteiger partial charge in [0, 0.05) is 25.2 Å². The maximum atomic E-state index is 11.8. The Morgan fingerprint density at radius 3 is 2.85 bits per heavy atom. The van der Waals surface area contributed by atoms with Crippen molar-refractivity contribution in [3.63, 3.8) is 0 Å². The Kier molecular flexibility index (Phi) is 3.27. The van der Waals surface area contributed by atoms with Crippen molar-refractivity contribution in [2.24, 2.45) is 11.8 Å². The molecule has 0 bridgehead atoms. The molecule has 3 rings (SSSR count). The van der Waals surface area contributed by atoms with Crippen LogP contribution < -0.4 is 21.5 Å². The van der Waals surface area contributed by atoms with Gasteiger partial charge in [-0.2, -0.15) is 4.98 Å². The number of fused-ring (bicyclic) bond motifs is 1. The summed E-state index contributed by atoms with van der Waals surface area (Å²) in [6.45, 7) is 0.551. The number of aromatic amines is 1.